The Morgan fingerprint density at radius 1 is 1.57 bits per heavy atom. The Bertz CT molecular complexity index is 242. The van der Waals surface area contributed by atoms with Crippen molar-refractivity contribution in [3.8, 4) is 0 Å². The van der Waals surface area contributed by atoms with Crippen molar-refractivity contribution in [3.63, 3.8) is 0 Å². The fourth-order valence-electron chi connectivity index (χ4n) is 1.67. The molecule has 2 amide bonds. The third-order valence-corrected chi connectivity index (χ3v) is 2.74. The maximum absolute atomic E-state index is 11.2. The van der Waals surface area contributed by atoms with Crippen molar-refractivity contribution >= 4 is 11.8 Å². The molecule has 1 atom stereocenters. The highest BCUT2D eigenvalue weighted by molar-refractivity contribution is 5.78. The molecule has 0 bridgehead atoms. The minimum Gasteiger partial charge on any atom is -0.341 e. The number of amides is 2. The summed E-state index contributed by atoms with van der Waals surface area (Å²) in [6, 6.07) is 0.156. The predicted molar refractivity (Wildman–Crippen MR) is 52.5 cm³/mol. The molecule has 0 aliphatic carbocycles. The van der Waals surface area contributed by atoms with Gasteiger partial charge in [-0.25, -0.2) is 0 Å². The van der Waals surface area contributed by atoms with Crippen LogP contribution in [0.1, 0.15) is 13.3 Å². The number of carbonyl (C=O) groups excluding carboxylic acids is 2. The number of nitrogens with two attached hydrogens (primary N) is 1. The summed E-state index contributed by atoms with van der Waals surface area (Å²) in [5, 5.41) is 0. The first kappa shape index (κ1) is 11.0. The molecule has 5 nitrogen and oxygen atoms in total. The van der Waals surface area contributed by atoms with E-state index in [4.69, 9.17) is 5.73 Å². The molecule has 0 radical (unpaired) electrons. The molecule has 0 spiro atoms. The number of likely N-dealkylation sites (tertiary alicyclic amines) is 1. The average Bonchev–Trinajstić information content (AvgIpc) is 2.64. The van der Waals surface area contributed by atoms with Crippen molar-refractivity contribution in [2.24, 2.45) is 5.73 Å². The third kappa shape index (κ3) is 2.23. The van der Waals surface area contributed by atoms with Crippen LogP contribution in [0, 0.1) is 0 Å². The Kier molecular flexibility index (Phi) is 3.46. The standard InChI is InChI=1S/C9H17N3O2/c1-7(13)11(2)8-3-4-12(6-8)9(14)5-10/h8H,3-6,10H2,1-2H3. The molecule has 1 saturated heterocycles. The summed E-state index contributed by atoms with van der Waals surface area (Å²) >= 11 is 0. The Morgan fingerprint density at radius 2 is 2.21 bits per heavy atom. The van der Waals surface area contributed by atoms with E-state index in [2.05, 4.69) is 0 Å². The molecule has 1 aliphatic heterocycles. The molecule has 0 aromatic rings. The average molecular weight is 199 g/mol. The van der Waals surface area contributed by atoms with E-state index >= 15 is 0 Å². The van der Waals surface area contributed by atoms with Crippen molar-refractivity contribution in [1.29, 1.82) is 0 Å². The second kappa shape index (κ2) is 4.41. The quantitative estimate of drug-likeness (QED) is 0.622. The minimum absolute atomic E-state index is 0.0375. The zero-order valence-electron chi connectivity index (χ0n) is 8.69. The maximum Gasteiger partial charge on any atom is 0.236 e. The largest absolute Gasteiger partial charge is 0.341 e. The van der Waals surface area contributed by atoms with Crippen LogP contribution < -0.4 is 5.73 Å². The fourth-order valence-corrected chi connectivity index (χ4v) is 1.67. The molecule has 1 rings (SSSR count). The minimum atomic E-state index is -0.0375. The third-order valence-electron chi connectivity index (χ3n) is 2.74. The van der Waals surface area contributed by atoms with Gasteiger partial charge in [0.25, 0.3) is 0 Å². The second-order valence-electron chi connectivity index (χ2n) is 3.62. The Balaban J connectivity index is 2.49. The Morgan fingerprint density at radius 3 is 2.71 bits per heavy atom. The highest BCUT2D eigenvalue weighted by Crippen LogP contribution is 2.14. The van der Waals surface area contributed by atoms with E-state index in [0.29, 0.717) is 13.1 Å². The lowest BCUT2D eigenvalue weighted by Gasteiger charge is -2.23. The van der Waals surface area contributed by atoms with Crippen molar-refractivity contribution < 1.29 is 9.59 Å². The van der Waals surface area contributed by atoms with E-state index in [1.807, 2.05) is 0 Å². The summed E-state index contributed by atoms with van der Waals surface area (Å²) in [7, 11) is 1.77. The van der Waals surface area contributed by atoms with Gasteiger partial charge in [-0.1, -0.05) is 0 Å². The number of hydrogen-bond donors (Lipinski definition) is 1. The predicted octanol–water partition coefficient (Wildman–Crippen LogP) is -0.976. The smallest absolute Gasteiger partial charge is 0.236 e. The topological polar surface area (TPSA) is 66.6 Å². The monoisotopic (exact) mass is 199 g/mol. The lowest BCUT2D eigenvalue weighted by molar-refractivity contribution is -0.131. The molecular weight excluding hydrogens is 182 g/mol. The fraction of sp³-hybridized carbons (Fsp3) is 0.778. The van der Waals surface area contributed by atoms with E-state index in [1.165, 1.54) is 6.92 Å². The molecule has 1 heterocycles. The normalized spacial score (nSPS) is 21.1. The summed E-state index contributed by atoms with van der Waals surface area (Å²) in [5.41, 5.74) is 5.26. The molecular formula is C9H17N3O2. The van der Waals surface area contributed by atoms with E-state index < -0.39 is 0 Å². The van der Waals surface area contributed by atoms with E-state index in [0.717, 1.165) is 6.42 Å². The van der Waals surface area contributed by atoms with Gasteiger partial charge in [-0.05, 0) is 6.42 Å². The molecule has 1 unspecified atom stereocenters. The first-order chi connectivity index (χ1) is 6.56. The highest BCUT2D eigenvalue weighted by atomic mass is 16.2. The number of likely N-dealkylation sites (N-methyl/N-ethyl adjacent to an activating group) is 1. The van der Waals surface area contributed by atoms with Gasteiger partial charge in [0, 0.05) is 27.1 Å². The molecule has 5 heteroatoms. The first-order valence-electron chi connectivity index (χ1n) is 4.77. The Labute approximate surface area is 83.8 Å². The van der Waals surface area contributed by atoms with Gasteiger partial charge < -0.3 is 15.5 Å². The van der Waals surface area contributed by atoms with Crippen LogP contribution in [0.5, 0.6) is 0 Å². The molecule has 2 N–H and O–H groups in total. The van der Waals surface area contributed by atoms with Crippen LogP contribution in [0.2, 0.25) is 0 Å². The summed E-state index contributed by atoms with van der Waals surface area (Å²) in [6.07, 6.45) is 0.849. The second-order valence-corrected chi connectivity index (χ2v) is 3.62. The molecule has 14 heavy (non-hydrogen) atoms. The highest BCUT2D eigenvalue weighted by Gasteiger charge is 2.28. The van der Waals surface area contributed by atoms with Crippen LogP contribution in [-0.4, -0.2) is 54.3 Å². The number of carbonyl (C=O) groups is 2. The van der Waals surface area contributed by atoms with E-state index in [-0.39, 0.29) is 24.4 Å². The van der Waals surface area contributed by atoms with Crippen LogP contribution in [-0.2, 0) is 9.59 Å². The maximum atomic E-state index is 11.2. The zero-order chi connectivity index (χ0) is 10.7. The number of nitrogens with zero attached hydrogens (tertiary/aromatic N) is 2. The lowest BCUT2D eigenvalue weighted by atomic mass is 10.2. The lowest BCUT2D eigenvalue weighted by Crippen LogP contribution is -2.40. The van der Waals surface area contributed by atoms with Crippen molar-refractivity contribution in [2.45, 2.75) is 19.4 Å². The van der Waals surface area contributed by atoms with E-state index in [9.17, 15) is 9.59 Å². The first-order valence-corrected chi connectivity index (χ1v) is 4.77. The van der Waals surface area contributed by atoms with Crippen molar-refractivity contribution in [2.75, 3.05) is 26.7 Å². The summed E-state index contributed by atoms with van der Waals surface area (Å²) in [4.78, 5) is 25.7. The Hall–Kier alpha value is -1.10. The molecule has 0 saturated carbocycles. The van der Waals surface area contributed by atoms with Gasteiger partial charge in [0.15, 0.2) is 0 Å². The molecule has 80 valence electrons. The van der Waals surface area contributed by atoms with Gasteiger partial charge in [-0.15, -0.1) is 0 Å². The van der Waals surface area contributed by atoms with Crippen molar-refractivity contribution in [1.82, 2.24) is 9.80 Å². The van der Waals surface area contributed by atoms with Crippen LogP contribution in [0.25, 0.3) is 0 Å². The summed E-state index contributed by atoms with van der Waals surface area (Å²) in [6.45, 7) is 2.91. The van der Waals surface area contributed by atoms with Crippen LogP contribution in [0.3, 0.4) is 0 Å². The summed E-state index contributed by atoms with van der Waals surface area (Å²) < 4.78 is 0. The molecule has 0 aromatic carbocycles. The SMILES string of the molecule is CC(=O)N(C)C1CCN(C(=O)CN)C1. The molecule has 0 aromatic heterocycles. The van der Waals surface area contributed by atoms with Gasteiger partial charge >= 0.3 is 0 Å². The van der Waals surface area contributed by atoms with Gasteiger partial charge in [0.2, 0.25) is 11.8 Å². The number of hydrogen-bond acceptors (Lipinski definition) is 3. The van der Waals surface area contributed by atoms with Crippen LogP contribution in [0.15, 0.2) is 0 Å². The molecule has 1 aliphatic rings. The van der Waals surface area contributed by atoms with Crippen molar-refractivity contribution in [3.05, 3.63) is 0 Å². The number of rotatable bonds is 2. The van der Waals surface area contributed by atoms with Gasteiger partial charge in [-0.3, -0.25) is 9.59 Å². The zero-order valence-corrected chi connectivity index (χ0v) is 8.69. The molecule has 1 fully saturated rings. The van der Waals surface area contributed by atoms with Gasteiger partial charge in [0.05, 0.1) is 12.6 Å². The summed E-state index contributed by atoms with van der Waals surface area (Å²) in [5.74, 6) is 0.00139. The van der Waals surface area contributed by atoms with Crippen LogP contribution in [0.4, 0.5) is 0 Å². The van der Waals surface area contributed by atoms with Gasteiger partial charge in [0.1, 0.15) is 0 Å². The van der Waals surface area contributed by atoms with E-state index in [1.54, 1.807) is 16.8 Å². The van der Waals surface area contributed by atoms with Gasteiger partial charge in [-0.2, -0.15) is 0 Å². The van der Waals surface area contributed by atoms with Crippen LogP contribution >= 0.6 is 0 Å².